The van der Waals surface area contributed by atoms with Gasteiger partial charge in [-0.1, -0.05) is 12.1 Å². The summed E-state index contributed by atoms with van der Waals surface area (Å²) in [6, 6.07) is 11.3. The first-order valence-corrected chi connectivity index (χ1v) is 6.41. The van der Waals surface area contributed by atoms with Crippen LogP contribution in [0.5, 0.6) is 0 Å². The van der Waals surface area contributed by atoms with Gasteiger partial charge in [0.1, 0.15) is 11.3 Å². The van der Waals surface area contributed by atoms with Gasteiger partial charge in [-0.3, -0.25) is 0 Å². The Morgan fingerprint density at radius 2 is 2.05 bits per heavy atom. The fourth-order valence-corrected chi connectivity index (χ4v) is 2.19. The lowest BCUT2D eigenvalue weighted by Gasteiger charge is -2.10. The summed E-state index contributed by atoms with van der Waals surface area (Å²) in [5.41, 5.74) is 1.66. The number of likely N-dealkylation sites (N-methyl/N-ethyl adjacent to an activating group) is 1. The quantitative estimate of drug-likeness (QED) is 0.791. The summed E-state index contributed by atoms with van der Waals surface area (Å²) >= 11 is 5.80. The molecule has 0 aliphatic carbocycles. The van der Waals surface area contributed by atoms with Crippen LogP contribution in [0, 0.1) is 0 Å². The summed E-state index contributed by atoms with van der Waals surface area (Å²) in [5.74, 6) is 1.45. The van der Waals surface area contributed by atoms with Gasteiger partial charge in [0.15, 0.2) is 16.7 Å². The van der Waals surface area contributed by atoms with Crippen molar-refractivity contribution in [1.82, 2.24) is 10.3 Å². The number of halogens is 1. The maximum absolute atomic E-state index is 5.80. The van der Waals surface area contributed by atoms with E-state index in [-0.39, 0.29) is 6.04 Å². The third kappa shape index (κ3) is 2.50. The summed E-state index contributed by atoms with van der Waals surface area (Å²) in [4.78, 5) is 4.45. The van der Waals surface area contributed by atoms with Crippen molar-refractivity contribution in [3.63, 3.8) is 0 Å². The Morgan fingerprint density at radius 3 is 2.74 bits per heavy atom. The van der Waals surface area contributed by atoms with Gasteiger partial charge in [0.2, 0.25) is 0 Å². The van der Waals surface area contributed by atoms with Gasteiger partial charge in [-0.15, -0.1) is 0 Å². The molecule has 2 aromatic heterocycles. The molecule has 19 heavy (non-hydrogen) atoms. The van der Waals surface area contributed by atoms with Crippen LogP contribution in [0.3, 0.4) is 0 Å². The predicted molar refractivity (Wildman–Crippen MR) is 73.2 cm³/mol. The second kappa shape index (κ2) is 5.07. The van der Waals surface area contributed by atoms with E-state index in [1.54, 1.807) is 6.07 Å². The third-order valence-electron chi connectivity index (χ3n) is 3.00. The minimum atomic E-state index is -0.0134. The summed E-state index contributed by atoms with van der Waals surface area (Å²) in [5, 5.41) is 3.55. The predicted octanol–water partition coefficient (Wildman–Crippen LogP) is 3.58. The van der Waals surface area contributed by atoms with Crippen molar-refractivity contribution < 1.29 is 8.83 Å². The Hall–Kier alpha value is -1.78. The fourth-order valence-electron chi connectivity index (χ4n) is 2.04. The summed E-state index contributed by atoms with van der Waals surface area (Å²) in [6.45, 7) is 0. The number of benzene rings is 1. The molecule has 0 saturated heterocycles. The molecular weight excluding hydrogens is 264 g/mol. The number of para-hydroxylation sites is 2. The van der Waals surface area contributed by atoms with Crippen LogP contribution in [-0.2, 0) is 6.42 Å². The van der Waals surface area contributed by atoms with Gasteiger partial charge in [0, 0.05) is 6.42 Å². The lowest BCUT2D eigenvalue weighted by atomic mass is 10.1. The zero-order valence-corrected chi connectivity index (χ0v) is 11.1. The first-order valence-electron chi connectivity index (χ1n) is 6.03. The molecule has 0 fully saturated rings. The minimum absolute atomic E-state index is 0.0134. The van der Waals surface area contributed by atoms with Gasteiger partial charge in [-0.2, -0.15) is 0 Å². The van der Waals surface area contributed by atoms with Crippen LogP contribution in [0.15, 0.2) is 45.2 Å². The molecule has 2 heterocycles. The van der Waals surface area contributed by atoms with Crippen molar-refractivity contribution in [2.75, 3.05) is 7.05 Å². The molecule has 0 aliphatic rings. The van der Waals surface area contributed by atoms with Crippen LogP contribution in [0.1, 0.15) is 17.7 Å². The smallest absolute Gasteiger partial charge is 0.197 e. The van der Waals surface area contributed by atoms with Crippen molar-refractivity contribution in [2.45, 2.75) is 12.5 Å². The van der Waals surface area contributed by atoms with E-state index in [9.17, 15) is 0 Å². The molecule has 4 nitrogen and oxygen atoms in total. The van der Waals surface area contributed by atoms with E-state index >= 15 is 0 Å². The lowest BCUT2D eigenvalue weighted by Crippen LogP contribution is -2.18. The van der Waals surface area contributed by atoms with Gasteiger partial charge < -0.3 is 14.2 Å². The monoisotopic (exact) mass is 276 g/mol. The summed E-state index contributed by atoms with van der Waals surface area (Å²) in [7, 11) is 1.86. The number of fused-ring (bicyclic) bond motifs is 1. The Balaban J connectivity index is 1.86. The molecule has 1 unspecified atom stereocenters. The van der Waals surface area contributed by atoms with Crippen molar-refractivity contribution >= 4 is 22.7 Å². The maximum Gasteiger partial charge on any atom is 0.197 e. The normalized spacial score (nSPS) is 12.9. The molecule has 1 N–H and O–H groups in total. The highest BCUT2D eigenvalue weighted by Crippen LogP contribution is 2.24. The molecule has 0 bridgehead atoms. The Kier molecular flexibility index (Phi) is 3.27. The van der Waals surface area contributed by atoms with E-state index < -0.39 is 0 Å². The Bertz CT molecular complexity index is 656. The summed E-state index contributed by atoms with van der Waals surface area (Å²) in [6.07, 6.45) is 0.606. The minimum Gasteiger partial charge on any atom is -0.448 e. The molecular formula is C14H13ClN2O2. The summed E-state index contributed by atoms with van der Waals surface area (Å²) < 4.78 is 11.1. The molecule has 98 valence electrons. The highest BCUT2D eigenvalue weighted by molar-refractivity contribution is 6.28. The number of hydrogen-bond acceptors (Lipinski definition) is 4. The number of nitrogens with one attached hydrogen (secondary N) is 1. The molecule has 3 aromatic rings. The first kappa shape index (κ1) is 12.3. The van der Waals surface area contributed by atoms with E-state index in [2.05, 4.69) is 10.3 Å². The molecule has 0 saturated carbocycles. The van der Waals surface area contributed by atoms with E-state index in [4.69, 9.17) is 20.4 Å². The average Bonchev–Trinajstić information content (AvgIpc) is 3.01. The van der Waals surface area contributed by atoms with E-state index in [0.29, 0.717) is 17.5 Å². The van der Waals surface area contributed by atoms with Gasteiger partial charge >= 0.3 is 0 Å². The number of rotatable bonds is 4. The van der Waals surface area contributed by atoms with Gasteiger partial charge in [0.05, 0.1) is 6.04 Å². The van der Waals surface area contributed by atoms with Crippen molar-refractivity contribution in [1.29, 1.82) is 0 Å². The van der Waals surface area contributed by atoms with Crippen LogP contribution in [0.25, 0.3) is 11.1 Å². The second-order valence-corrected chi connectivity index (χ2v) is 4.64. The highest BCUT2D eigenvalue weighted by Gasteiger charge is 2.17. The lowest BCUT2D eigenvalue weighted by molar-refractivity contribution is 0.401. The van der Waals surface area contributed by atoms with E-state index in [0.717, 1.165) is 16.9 Å². The zero-order valence-electron chi connectivity index (χ0n) is 10.4. The van der Waals surface area contributed by atoms with Crippen LogP contribution < -0.4 is 5.32 Å². The molecule has 5 heteroatoms. The van der Waals surface area contributed by atoms with Crippen LogP contribution in [0.4, 0.5) is 0 Å². The first-order chi connectivity index (χ1) is 9.26. The van der Waals surface area contributed by atoms with Gasteiger partial charge in [-0.05, 0) is 42.9 Å². The molecule has 1 aromatic carbocycles. The molecule has 0 aliphatic heterocycles. The number of furan rings is 1. The van der Waals surface area contributed by atoms with Crippen molar-refractivity contribution in [3.8, 4) is 0 Å². The highest BCUT2D eigenvalue weighted by atomic mass is 35.5. The second-order valence-electron chi connectivity index (χ2n) is 4.26. The molecule has 1 atom stereocenters. The van der Waals surface area contributed by atoms with E-state index in [1.165, 1.54) is 0 Å². The Labute approximate surface area is 115 Å². The third-order valence-corrected chi connectivity index (χ3v) is 3.21. The SMILES string of the molecule is CNC(Cc1nc2ccccc2o1)c1ccc(Cl)o1. The molecule has 0 amide bonds. The van der Waals surface area contributed by atoms with Gasteiger partial charge in [0.25, 0.3) is 0 Å². The largest absolute Gasteiger partial charge is 0.448 e. The van der Waals surface area contributed by atoms with Crippen LogP contribution >= 0.6 is 11.6 Å². The molecule has 0 spiro atoms. The number of oxazole rings is 1. The number of nitrogens with zero attached hydrogens (tertiary/aromatic N) is 1. The van der Waals surface area contributed by atoms with Gasteiger partial charge in [-0.25, -0.2) is 4.98 Å². The number of hydrogen-bond donors (Lipinski definition) is 1. The zero-order chi connectivity index (χ0) is 13.2. The van der Waals surface area contributed by atoms with Crippen LogP contribution in [0.2, 0.25) is 5.22 Å². The molecule has 3 rings (SSSR count). The number of aromatic nitrogens is 1. The fraction of sp³-hybridized carbons (Fsp3) is 0.214. The Morgan fingerprint density at radius 1 is 1.21 bits per heavy atom. The maximum atomic E-state index is 5.80. The topological polar surface area (TPSA) is 51.2 Å². The van der Waals surface area contributed by atoms with Crippen LogP contribution in [-0.4, -0.2) is 12.0 Å². The standard InChI is InChI=1S/C14H13ClN2O2/c1-16-10(12-6-7-13(15)18-12)8-14-17-9-4-2-3-5-11(9)19-14/h2-7,10,16H,8H2,1H3. The average molecular weight is 277 g/mol. The van der Waals surface area contributed by atoms with Crippen molar-refractivity contribution in [2.24, 2.45) is 0 Å². The van der Waals surface area contributed by atoms with Crippen molar-refractivity contribution in [3.05, 3.63) is 53.3 Å². The van der Waals surface area contributed by atoms with E-state index in [1.807, 2.05) is 37.4 Å². The molecule has 0 radical (unpaired) electrons.